The van der Waals surface area contributed by atoms with E-state index in [2.05, 4.69) is 5.32 Å². The quantitative estimate of drug-likeness (QED) is 0.764. The maximum Gasteiger partial charge on any atom is 0.251 e. The number of carbonyl (C=O) groups excluding carboxylic acids is 1. The zero-order valence-electron chi connectivity index (χ0n) is 9.10. The molecule has 1 N–H and O–H groups in total. The van der Waals surface area contributed by atoms with Crippen LogP contribution >= 0.6 is 11.6 Å². The lowest BCUT2D eigenvalue weighted by Crippen LogP contribution is -2.13. The minimum atomic E-state index is -0.117. The predicted octanol–water partition coefficient (Wildman–Crippen LogP) is 3.55. The predicted molar refractivity (Wildman–Crippen MR) is 64.2 cm³/mol. The van der Waals surface area contributed by atoms with Crippen LogP contribution in [0.1, 0.15) is 19.4 Å². The summed E-state index contributed by atoms with van der Waals surface area (Å²) >= 11 is 5.99. The lowest BCUT2D eigenvalue weighted by molar-refractivity contribution is -0.112. The normalized spacial score (nSPS) is 11.3. The van der Waals surface area contributed by atoms with Crippen LogP contribution in [0.4, 0.5) is 5.69 Å². The SMILES string of the molecule is C/C=C(\C)C(=O)Nc1c(C)cccc1Cl. The Morgan fingerprint density at radius 3 is 2.67 bits per heavy atom. The molecule has 0 atom stereocenters. The molecule has 3 heteroatoms. The van der Waals surface area contributed by atoms with E-state index in [1.807, 2.05) is 26.0 Å². The highest BCUT2D eigenvalue weighted by Crippen LogP contribution is 2.25. The second kappa shape index (κ2) is 4.99. The van der Waals surface area contributed by atoms with Crippen LogP contribution in [-0.2, 0) is 4.79 Å². The first kappa shape index (κ1) is 11.8. The van der Waals surface area contributed by atoms with E-state index in [-0.39, 0.29) is 5.91 Å². The number of amides is 1. The molecule has 0 saturated heterocycles. The van der Waals surface area contributed by atoms with Gasteiger partial charge in [0.1, 0.15) is 0 Å². The van der Waals surface area contributed by atoms with Gasteiger partial charge in [0.25, 0.3) is 5.91 Å². The first-order valence-corrected chi connectivity index (χ1v) is 5.13. The van der Waals surface area contributed by atoms with E-state index in [1.54, 1.807) is 19.1 Å². The number of anilines is 1. The van der Waals surface area contributed by atoms with E-state index < -0.39 is 0 Å². The van der Waals surface area contributed by atoms with Gasteiger partial charge in [0.15, 0.2) is 0 Å². The highest BCUT2D eigenvalue weighted by atomic mass is 35.5. The van der Waals surface area contributed by atoms with Crippen molar-refractivity contribution in [3.63, 3.8) is 0 Å². The molecule has 0 unspecified atom stereocenters. The minimum Gasteiger partial charge on any atom is -0.321 e. The average Bonchev–Trinajstić information content (AvgIpc) is 2.22. The number of hydrogen-bond donors (Lipinski definition) is 1. The Labute approximate surface area is 94.9 Å². The van der Waals surface area contributed by atoms with Crippen molar-refractivity contribution in [1.29, 1.82) is 0 Å². The van der Waals surface area contributed by atoms with Crippen molar-refractivity contribution < 1.29 is 4.79 Å². The molecule has 80 valence electrons. The van der Waals surface area contributed by atoms with Crippen molar-refractivity contribution in [2.75, 3.05) is 5.32 Å². The molecule has 0 heterocycles. The van der Waals surface area contributed by atoms with Crippen LogP contribution in [0.2, 0.25) is 5.02 Å². The standard InChI is InChI=1S/C12H14ClNO/c1-4-8(2)12(15)14-11-9(3)6-5-7-10(11)13/h4-7H,1-3H3,(H,14,15)/b8-4+. The summed E-state index contributed by atoms with van der Waals surface area (Å²) in [7, 11) is 0. The number of halogens is 1. The molecule has 1 aromatic rings. The van der Waals surface area contributed by atoms with Crippen LogP contribution in [0.25, 0.3) is 0 Å². The van der Waals surface area contributed by atoms with Crippen molar-refractivity contribution in [2.45, 2.75) is 20.8 Å². The Hall–Kier alpha value is -1.28. The van der Waals surface area contributed by atoms with E-state index in [0.29, 0.717) is 16.3 Å². The summed E-state index contributed by atoms with van der Waals surface area (Å²) in [6.45, 7) is 5.50. The third-order valence-electron chi connectivity index (χ3n) is 2.25. The fourth-order valence-corrected chi connectivity index (χ4v) is 1.40. The van der Waals surface area contributed by atoms with Gasteiger partial charge in [-0.15, -0.1) is 0 Å². The molecule has 0 saturated carbocycles. The van der Waals surface area contributed by atoms with Gasteiger partial charge in [0.2, 0.25) is 0 Å². The third-order valence-corrected chi connectivity index (χ3v) is 2.57. The first-order valence-electron chi connectivity index (χ1n) is 4.75. The second-order valence-corrected chi connectivity index (χ2v) is 3.76. The monoisotopic (exact) mass is 223 g/mol. The smallest absolute Gasteiger partial charge is 0.251 e. The number of allylic oxidation sites excluding steroid dienone is 1. The lowest BCUT2D eigenvalue weighted by atomic mass is 10.2. The molecule has 15 heavy (non-hydrogen) atoms. The number of rotatable bonds is 2. The van der Waals surface area contributed by atoms with Gasteiger partial charge in [-0.25, -0.2) is 0 Å². The number of carbonyl (C=O) groups is 1. The van der Waals surface area contributed by atoms with Crippen LogP contribution in [0.3, 0.4) is 0 Å². The van der Waals surface area contributed by atoms with Gasteiger partial charge in [0, 0.05) is 5.57 Å². The molecule has 2 nitrogen and oxygen atoms in total. The summed E-state index contributed by atoms with van der Waals surface area (Å²) in [4.78, 5) is 11.6. The maximum absolute atomic E-state index is 11.6. The van der Waals surface area contributed by atoms with Crippen LogP contribution in [0, 0.1) is 6.92 Å². The van der Waals surface area contributed by atoms with Crippen LogP contribution in [0.5, 0.6) is 0 Å². The van der Waals surface area contributed by atoms with E-state index in [4.69, 9.17) is 11.6 Å². The van der Waals surface area contributed by atoms with Gasteiger partial charge in [-0.05, 0) is 32.4 Å². The molecule has 1 amide bonds. The van der Waals surface area contributed by atoms with Gasteiger partial charge in [-0.2, -0.15) is 0 Å². The largest absolute Gasteiger partial charge is 0.321 e. The van der Waals surface area contributed by atoms with E-state index in [1.165, 1.54) is 0 Å². The number of para-hydroxylation sites is 1. The highest BCUT2D eigenvalue weighted by Gasteiger charge is 2.08. The van der Waals surface area contributed by atoms with Crippen LogP contribution in [-0.4, -0.2) is 5.91 Å². The minimum absolute atomic E-state index is 0.117. The summed E-state index contributed by atoms with van der Waals surface area (Å²) in [5.74, 6) is -0.117. The lowest BCUT2D eigenvalue weighted by Gasteiger charge is -2.09. The van der Waals surface area contributed by atoms with E-state index in [0.717, 1.165) is 5.56 Å². The molecule has 0 fully saturated rings. The van der Waals surface area contributed by atoms with Crippen LogP contribution < -0.4 is 5.32 Å². The number of benzene rings is 1. The van der Waals surface area contributed by atoms with Crippen molar-refractivity contribution in [3.8, 4) is 0 Å². The van der Waals surface area contributed by atoms with Gasteiger partial charge >= 0.3 is 0 Å². The number of nitrogens with one attached hydrogen (secondary N) is 1. The second-order valence-electron chi connectivity index (χ2n) is 3.36. The summed E-state index contributed by atoms with van der Waals surface area (Å²) < 4.78 is 0. The zero-order chi connectivity index (χ0) is 11.4. The molecule has 1 rings (SSSR count). The first-order chi connectivity index (χ1) is 7.06. The van der Waals surface area contributed by atoms with E-state index in [9.17, 15) is 4.79 Å². The molecule has 0 spiro atoms. The molecule has 0 aromatic heterocycles. The molecule has 1 aromatic carbocycles. The topological polar surface area (TPSA) is 29.1 Å². The molecule has 0 bridgehead atoms. The summed E-state index contributed by atoms with van der Waals surface area (Å²) in [5.41, 5.74) is 2.32. The fourth-order valence-electron chi connectivity index (χ4n) is 1.13. The zero-order valence-corrected chi connectivity index (χ0v) is 9.85. The third kappa shape index (κ3) is 2.83. The average molecular weight is 224 g/mol. The summed E-state index contributed by atoms with van der Waals surface area (Å²) in [6.07, 6.45) is 1.77. The maximum atomic E-state index is 11.6. The van der Waals surface area contributed by atoms with Crippen molar-refractivity contribution >= 4 is 23.2 Å². The summed E-state index contributed by atoms with van der Waals surface area (Å²) in [5, 5.41) is 3.35. The Balaban J connectivity index is 2.95. The Kier molecular flexibility index (Phi) is 3.92. The summed E-state index contributed by atoms with van der Waals surface area (Å²) in [6, 6.07) is 5.53. The van der Waals surface area contributed by atoms with Gasteiger partial charge < -0.3 is 5.32 Å². The van der Waals surface area contributed by atoms with Crippen molar-refractivity contribution in [3.05, 3.63) is 40.4 Å². The molecule has 0 aliphatic rings. The van der Waals surface area contributed by atoms with Crippen LogP contribution in [0.15, 0.2) is 29.8 Å². The Bertz CT molecular complexity index is 390. The highest BCUT2D eigenvalue weighted by molar-refractivity contribution is 6.34. The van der Waals surface area contributed by atoms with Gasteiger partial charge in [-0.1, -0.05) is 29.8 Å². The Morgan fingerprint density at radius 1 is 1.47 bits per heavy atom. The number of hydrogen-bond acceptors (Lipinski definition) is 1. The van der Waals surface area contributed by atoms with Crippen molar-refractivity contribution in [1.82, 2.24) is 0 Å². The molecule has 0 radical (unpaired) electrons. The van der Waals surface area contributed by atoms with E-state index >= 15 is 0 Å². The Morgan fingerprint density at radius 2 is 2.13 bits per heavy atom. The number of aryl methyl sites for hydroxylation is 1. The molecular formula is C12H14ClNO. The fraction of sp³-hybridized carbons (Fsp3) is 0.250. The molecular weight excluding hydrogens is 210 g/mol. The van der Waals surface area contributed by atoms with Crippen molar-refractivity contribution in [2.24, 2.45) is 0 Å². The molecule has 0 aliphatic heterocycles. The van der Waals surface area contributed by atoms with Gasteiger partial charge in [-0.3, -0.25) is 4.79 Å². The molecule has 0 aliphatic carbocycles. The van der Waals surface area contributed by atoms with Gasteiger partial charge in [0.05, 0.1) is 10.7 Å².